The SMILES string of the molecule is CNC(=O)c1sc2ccccc2c1C[C@@H]1CCCN1C(=O)COc1ccccc1OC. The first-order valence-corrected chi connectivity index (χ1v) is 11.2. The van der Waals surface area contributed by atoms with Crippen molar-refractivity contribution in [2.45, 2.75) is 25.3 Å². The highest BCUT2D eigenvalue weighted by atomic mass is 32.1. The smallest absolute Gasteiger partial charge is 0.261 e. The summed E-state index contributed by atoms with van der Waals surface area (Å²) in [6.45, 7) is 0.666. The lowest BCUT2D eigenvalue weighted by molar-refractivity contribution is -0.134. The van der Waals surface area contributed by atoms with Crippen LogP contribution in [0.3, 0.4) is 0 Å². The van der Waals surface area contributed by atoms with Gasteiger partial charge in [-0.15, -0.1) is 11.3 Å². The number of likely N-dealkylation sites (tertiary alicyclic amines) is 1. The molecule has 1 aliphatic rings. The van der Waals surface area contributed by atoms with Gasteiger partial charge < -0.3 is 19.7 Å². The van der Waals surface area contributed by atoms with Crippen molar-refractivity contribution in [1.82, 2.24) is 10.2 Å². The van der Waals surface area contributed by atoms with Crippen molar-refractivity contribution in [3.63, 3.8) is 0 Å². The van der Waals surface area contributed by atoms with Gasteiger partial charge in [0.2, 0.25) is 0 Å². The van der Waals surface area contributed by atoms with Gasteiger partial charge in [0.15, 0.2) is 18.1 Å². The second kappa shape index (κ2) is 9.39. The van der Waals surface area contributed by atoms with Crippen LogP contribution in [0.4, 0.5) is 0 Å². The van der Waals surface area contributed by atoms with Gasteiger partial charge in [-0.2, -0.15) is 0 Å². The standard InChI is InChI=1S/C24H26N2O4S/c1-25-24(28)23-18(17-9-3-6-12-21(17)31-23)14-16-8-7-13-26(16)22(27)15-30-20-11-5-4-10-19(20)29-2/h3-6,9-12,16H,7-8,13-15H2,1-2H3,(H,25,28)/t16-/m0/s1. The minimum Gasteiger partial charge on any atom is -0.493 e. The van der Waals surface area contributed by atoms with Gasteiger partial charge in [0.25, 0.3) is 11.8 Å². The second-order valence-electron chi connectivity index (χ2n) is 7.51. The van der Waals surface area contributed by atoms with E-state index in [2.05, 4.69) is 11.4 Å². The molecule has 2 amide bonds. The van der Waals surface area contributed by atoms with Crippen LogP contribution in [0.5, 0.6) is 11.5 Å². The average molecular weight is 439 g/mol. The molecule has 0 aliphatic carbocycles. The highest BCUT2D eigenvalue weighted by molar-refractivity contribution is 7.21. The van der Waals surface area contributed by atoms with Gasteiger partial charge in [-0.05, 0) is 48.4 Å². The molecule has 7 heteroatoms. The number of amides is 2. The van der Waals surface area contributed by atoms with Crippen molar-refractivity contribution in [3.05, 3.63) is 59.0 Å². The summed E-state index contributed by atoms with van der Waals surface area (Å²) in [6, 6.07) is 15.4. The van der Waals surface area contributed by atoms with E-state index in [0.29, 0.717) is 24.5 Å². The first-order valence-electron chi connectivity index (χ1n) is 10.4. The van der Waals surface area contributed by atoms with Gasteiger partial charge in [0, 0.05) is 24.3 Å². The van der Waals surface area contributed by atoms with Crippen LogP contribution in [0.25, 0.3) is 10.1 Å². The Balaban J connectivity index is 1.51. The summed E-state index contributed by atoms with van der Waals surface area (Å²) in [4.78, 5) is 28.1. The lowest BCUT2D eigenvalue weighted by Gasteiger charge is -2.25. The molecule has 3 aromatic rings. The van der Waals surface area contributed by atoms with Crippen LogP contribution in [-0.4, -0.2) is 50.1 Å². The molecule has 4 rings (SSSR count). The summed E-state index contributed by atoms with van der Waals surface area (Å²) in [5.41, 5.74) is 1.02. The number of carbonyl (C=O) groups excluding carboxylic acids is 2. The normalized spacial score (nSPS) is 15.8. The molecular formula is C24H26N2O4S. The Morgan fingerprint density at radius 3 is 2.65 bits per heavy atom. The van der Waals surface area contributed by atoms with E-state index >= 15 is 0 Å². The largest absolute Gasteiger partial charge is 0.493 e. The molecule has 162 valence electrons. The molecule has 31 heavy (non-hydrogen) atoms. The maximum atomic E-state index is 13.0. The van der Waals surface area contributed by atoms with E-state index in [1.807, 2.05) is 35.2 Å². The summed E-state index contributed by atoms with van der Waals surface area (Å²) in [5, 5.41) is 3.84. The number of nitrogens with one attached hydrogen (secondary N) is 1. The molecule has 1 aromatic heterocycles. The summed E-state index contributed by atoms with van der Waals surface area (Å²) < 4.78 is 12.1. The van der Waals surface area contributed by atoms with Gasteiger partial charge in [0.05, 0.1) is 12.0 Å². The average Bonchev–Trinajstić information content (AvgIpc) is 3.42. The molecule has 0 unspecified atom stereocenters. The number of ether oxygens (including phenoxy) is 2. The second-order valence-corrected chi connectivity index (χ2v) is 8.56. The highest BCUT2D eigenvalue weighted by Gasteiger charge is 2.31. The number of thiophene rings is 1. The Hall–Kier alpha value is -3.06. The monoisotopic (exact) mass is 438 g/mol. The van der Waals surface area contributed by atoms with E-state index in [1.165, 1.54) is 11.3 Å². The molecule has 0 spiro atoms. The van der Waals surface area contributed by atoms with Crippen LogP contribution in [0.1, 0.15) is 28.1 Å². The fourth-order valence-corrected chi connectivity index (χ4v) is 5.35. The molecular weight excluding hydrogens is 412 g/mol. The molecule has 2 aromatic carbocycles. The van der Waals surface area contributed by atoms with Crippen molar-refractivity contribution in [3.8, 4) is 11.5 Å². The van der Waals surface area contributed by atoms with Crippen LogP contribution in [0.2, 0.25) is 0 Å². The molecule has 1 saturated heterocycles. The molecule has 1 atom stereocenters. The highest BCUT2D eigenvalue weighted by Crippen LogP contribution is 2.34. The van der Waals surface area contributed by atoms with E-state index in [4.69, 9.17) is 9.47 Å². The maximum Gasteiger partial charge on any atom is 0.261 e. The summed E-state index contributed by atoms with van der Waals surface area (Å²) in [6.07, 6.45) is 2.52. The Bertz CT molecular complexity index is 1090. The number of hydrogen-bond acceptors (Lipinski definition) is 5. The fourth-order valence-electron chi connectivity index (χ4n) is 4.17. The number of fused-ring (bicyclic) bond motifs is 1. The van der Waals surface area contributed by atoms with Gasteiger partial charge >= 0.3 is 0 Å². The molecule has 1 fully saturated rings. The van der Waals surface area contributed by atoms with Gasteiger partial charge in [-0.25, -0.2) is 0 Å². The number of rotatable bonds is 7. The Morgan fingerprint density at radius 1 is 1.13 bits per heavy atom. The Kier molecular flexibility index (Phi) is 6.42. The summed E-state index contributed by atoms with van der Waals surface area (Å²) in [5.74, 6) is 1.04. The predicted octanol–water partition coefficient (Wildman–Crippen LogP) is 3.88. The van der Waals surface area contributed by atoms with Crippen LogP contribution < -0.4 is 14.8 Å². The minimum absolute atomic E-state index is 0.0381. The van der Waals surface area contributed by atoms with Crippen molar-refractivity contribution in [1.29, 1.82) is 0 Å². The van der Waals surface area contributed by atoms with E-state index in [9.17, 15) is 9.59 Å². The van der Waals surface area contributed by atoms with Crippen LogP contribution >= 0.6 is 11.3 Å². The molecule has 1 aliphatic heterocycles. The Morgan fingerprint density at radius 2 is 1.87 bits per heavy atom. The third kappa shape index (κ3) is 4.37. The van der Waals surface area contributed by atoms with E-state index in [0.717, 1.165) is 33.4 Å². The fraction of sp³-hybridized carbons (Fsp3) is 0.333. The molecule has 6 nitrogen and oxygen atoms in total. The van der Waals surface area contributed by atoms with Crippen molar-refractivity contribution < 1.29 is 19.1 Å². The maximum absolute atomic E-state index is 13.0. The summed E-state index contributed by atoms with van der Waals surface area (Å²) in [7, 11) is 3.23. The lowest BCUT2D eigenvalue weighted by Crippen LogP contribution is -2.40. The first-order chi connectivity index (χ1) is 15.1. The number of benzene rings is 2. The first kappa shape index (κ1) is 21.2. The van der Waals surface area contributed by atoms with E-state index in [-0.39, 0.29) is 24.5 Å². The van der Waals surface area contributed by atoms with Crippen molar-refractivity contribution in [2.75, 3.05) is 27.3 Å². The minimum atomic E-state index is -0.0772. The molecule has 0 bridgehead atoms. The number of methoxy groups -OCH3 is 1. The van der Waals surface area contributed by atoms with Gasteiger partial charge in [-0.3, -0.25) is 9.59 Å². The molecule has 0 radical (unpaired) electrons. The molecule has 2 heterocycles. The van der Waals surface area contributed by atoms with Crippen molar-refractivity contribution >= 4 is 33.2 Å². The lowest BCUT2D eigenvalue weighted by atomic mass is 10.0. The van der Waals surface area contributed by atoms with E-state index < -0.39 is 0 Å². The van der Waals surface area contributed by atoms with Crippen LogP contribution in [-0.2, 0) is 11.2 Å². The van der Waals surface area contributed by atoms with Crippen LogP contribution in [0, 0.1) is 0 Å². The zero-order valence-electron chi connectivity index (χ0n) is 17.7. The number of para-hydroxylation sites is 2. The predicted molar refractivity (Wildman–Crippen MR) is 122 cm³/mol. The third-order valence-corrected chi connectivity index (χ3v) is 6.90. The van der Waals surface area contributed by atoms with Gasteiger partial charge in [-0.1, -0.05) is 30.3 Å². The zero-order valence-corrected chi connectivity index (χ0v) is 18.5. The summed E-state index contributed by atoms with van der Waals surface area (Å²) >= 11 is 1.51. The quantitative estimate of drug-likeness (QED) is 0.608. The molecule has 1 N–H and O–H groups in total. The third-order valence-electron chi connectivity index (χ3n) is 5.69. The number of nitrogens with zero attached hydrogens (tertiary/aromatic N) is 1. The van der Waals surface area contributed by atoms with E-state index in [1.54, 1.807) is 26.3 Å². The number of carbonyl (C=O) groups is 2. The van der Waals surface area contributed by atoms with Crippen LogP contribution in [0.15, 0.2) is 48.5 Å². The topological polar surface area (TPSA) is 67.9 Å². The van der Waals surface area contributed by atoms with Crippen molar-refractivity contribution in [2.24, 2.45) is 0 Å². The molecule has 0 saturated carbocycles. The number of hydrogen-bond donors (Lipinski definition) is 1. The Labute approximate surface area is 185 Å². The zero-order chi connectivity index (χ0) is 21.8. The van der Waals surface area contributed by atoms with Gasteiger partial charge in [0.1, 0.15) is 0 Å².